The number of benzene rings is 1. The molecule has 0 atom stereocenters. The van der Waals surface area contributed by atoms with Gasteiger partial charge in [-0.15, -0.1) is 0 Å². The molecule has 0 radical (unpaired) electrons. The molecule has 0 aromatic heterocycles. The summed E-state index contributed by atoms with van der Waals surface area (Å²) in [5, 5.41) is 10.8. The minimum Gasteiger partial charge on any atom is -0.325 e. The molecule has 0 aliphatic heterocycles. The first kappa shape index (κ1) is 15.9. The first-order valence-electron chi connectivity index (χ1n) is 7.66. The van der Waals surface area contributed by atoms with Crippen molar-refractivity contribution in [3.63, 3.8) is 0 Å². The molecular weight excluding hydrogens is 271 g/mol. The van der Waals surface area contributed by atoms with Crippen molar-refractivity contribution in [2.24, 2.45) is 11.7 Å². The first-order chi connectivity index (χ1) is 9.95. The summed E-state index contributed by atoms with van der Waals surface area (Å²) >= 11 is 0. The van der Waals surface area contributed by atoms with Gasteiger partial charge in [-0.05, 0) is 43.6 Å². The summed E-state index contributed by atoms with van der Waals surface area (Å²) in [7, 11) is 0. The smallest absolute Gasteiger partial charge is 0.305 e. The van der Waals surface area contributed by atoms with Gasteiger partial charge in [0.15, 0.2) is 0 Å². The van der Waals surface area contributed by atoms with E-state index in [4.69, 9.17) is 5.73 Å². The standard InChI is InChI=1S/C16H23FN2O2/c1-2-4-12-7-9-16(18,10-8-12)11-13-5-3-6-14(15(13)17)19(20)21/h3,5-6,12H,2,4,7-11,18H2,1H3. The Kier molecular flexibility index (Phi) is 4.93. The van der Waals surface area contributed by atoms with Crippen molar-refractivity contribution in [1.82, 2.24) is 0 Å². The van der Waals surface area contributed by atoms with Crippen molar-refractivity contribution in [3.8, 4) is 0 Å². The maximum atomic E-state index is 14.1. The van der Waals surface area contributed by atoms with Crippen molar-refractivity contribution >= 4 is 5.69 Å². The number of hydrogen-bond acceptors (Lipinski definition) is 3. The summed E-state index contributed by atoms with van der Waals surface area (Å²) in [6.07, 6.45) is 6.64. The topological polar surface area (TPSA) is 69.2 Å². The van der Waals surface area contributed by atoms with E-state index in [0.717, 1.165) is 31.6 Å². The molecule has 1 aliphatic rings. The number of nitrogens with zero attached hydrogens (tertiary/aromatic N) is 1. The molecule has 4 nitrogen and oxygen atoms in total. The maximum Gasteiger partial charge on any atom is 0.305 e. The molecule has 0 heterocycles. The van der Waals surface area contributed by atoms with E-state index < -0.39 is 22.0 Å². The monoisotopic (exact) mass is 294 g/mol. The molecule has 1 saturated carbocycles. The lowest BCUT2D eigenvalue weighted by Crippen LogP contribution is -2.45. The van der Waals surface area contributed by atoms with E-state index >= 15 is 0 Å². The minimum absolute atomic E-state index is 0.362. The van der Waals surface area contributed by atoms with E-state index in [9.17, 15) is 14.5 Å². The van der Waals surface area contributed by atoms with Crippen molar-refractivity contribution in [3.05, 3.63) is 39.7 Å². The third-order valence-electron chi connectivity index (χ3n) is 4.60. The van der Waals surface area contributed by atoms with Crippen LogP contribution in [0.15, 0.2) is 18.2 Å². The molecule has 1 aromatic rings. The second-order valence-electron chi connectivity index (χ2n) is 6.28. The van der Waals surface area contributed by atoms with E-state index in [1.807, 2.05) is 0 Å². The molecule has 1 aliphatic carbocycles. The summed E-state index contributed by atoms with van der Waals surface area (Å²) in [6.45, 7) is 2.18. The Bertz CT molecular complexity index is 511. The van der Waals surface area contributed by atoms with Crippen LogP contribution in [-0.4, -0.2) is 10.5 Å². The molecule has 2 rings (SSSR count). The molecule has 2 N–H and O–H groups in total. The molecule has 116 valence electrons. The van der Waals surface area contributed by atoms with Crippen molar-refractivity contribution in [1.29, 1.82) is 0 Å². The van der Waals surface area contributed by atoms with Gasteiger partial charge < -0.3 is 5.73 Å². The van der Waals surface area contributed by atoms with Crippen LogP contribution in [0.2, 0.25) is 0 Å². The van der Waals surface area contributed by atoms with Crippen molar-refractivity contribution in [2.75, 3.05) is 0 Å². The molecule has 21 heavy (non-hydrogen) atoms. The van der Waals surface area contributed by atoms with E-state index in [1.165, 1.54) is 25.0 Å². The quantitative estimate of drug-likeness (QED) is 0.660. The number of halogens is 1. The molecule has 0 saturated heterocycles. The van der Waals surface area contributed by atoms with Crippen LogP contribution in [-0.2, 0) is 6.42 Å². The van der Waals surface area contributed by atoms with Crippen molar-refractivity contribution < 1.29 is 9.31 Å². The van der Waals surface area contributed by atoms with Crippen LogP contribution in [0.4, 0.5) is 10.1 Å². The Hall–Kier alpha value is -1.49. The van der Waals surface area contributed by atoms with E-state index in [-0.39, 0.29) is 0 Å². The van der Waals surface area contributed by atoms with E-state index in [1.54, 1.807) is 6.07 Å². The zero-order valence-corrected chi connectivity index (χ0v) is 12.5. The van der Waals surface area contributed by atoms with Crippen LogP contribution in [0.3, 0.4) is 0 Å². The third-order valence-corrected chi connectivity index (χ3v) is 4.60. The number of nitrogens with two attached hydrogens (primary N) is 1. The van der Waals surface area contributed by atoms with Crippen LogP contribution in [0, 0.1) is 21.8 Å². The molecule has 0 amide bonds. The summed E-state index contributed by atoms with van der Waals surface area (Å²) in [4.78, 5) is 10.1. The lowest BCUT2D eigenvalue weighted by Gasteiger charge is -2.37. The van der Waals surface area contributed by atoms with Gasteiger partial charge >= 0.3 is 5.69 Å². The summed E-state index contributed by atoms with van der Waals surface area (Å²) < 4.78 is 14.1. The molecule has 1 fully saturated rings. The van der Waals surface area contributed by atoms with Gasteiger partial charge in [0, 0.05) is 11.6 Å². The second-order valence-corrected chi connectivity index (χ2v) is 6.28. The maximum absolute atomic E-state index is 14.1. The molecule has 0 spiro atoms. The normalized spacial score (nSPS) is 25.8. The van der Waals surface area contributed by atoms with Gasteiger partial charge in [-0.2, -0.15) is 4.39 Å². The lowest BCUT2D eigenvalue weighted by molar-refractivity contribution is -0.387. The molecule has 0 unspecified atom stereocenters. The lowest BCUT2D eigenvalue weighted by atomic mass is 9.73. The number of hydrogen-bond donors (Lipinski definition) is 1. The second kappa shape index (κ2) is 6.52. The minimum atomic E-state index is -0.733. The average molecular weight is 294 g/mol. The third kappa shape index (κ3) is 3.79. The fourth-order valence-electron chi connectivity index (χ4n) is 3.35. The van der Waals surface area contributed by atoms with Crippen LogP contribution >= 0.6 is 0 Å². The number of nitro benzene ring substituents is 1. The van der Waals surface area contributed by atoms with Crippen LogP contribution in [0.25, 0.3) is 0 Å². The van der Waals surface area contributed by atoms with E-state index in [0.29, 0.717) is 12.0 Å². The Morgan fingerprint density at radius 3 is 2.67 bits per heavy atom. The predicted octanol–water partition coefficient (Wildman–Crippen LogP) is 3.96. The van der Waals surface area contributed by atoms with Crippen LogP contribution in [0.5, 0.6) is 0 Å². The van der Waals surface area contributed by atoms with Gasteiger partial charge in [0.2, 0.25) is 5.82 Å². The van der Waals surface area contributed by atoms with Gasteiger partial charge in [0.05, 0.1) is 4.92 Å². The number of nitro groups is 1. The fourth-order valence-corrected chi connectivity index (χ4v) is 3.35. The zero-order chi connectivity index (χ0) is 15.5. The van der Waals surface area contributed by atoms with Gasteiger partial charge in [-0.3, -0.25) is 10.1 Å². The highest BCUT2D eigenvalue weighted by atomic mass is 19.1. The SMILES string of the molecule is CCCC1CCC(N)(Cc2cccc([N+](=O)[O-])c2F)CC1. The summed E-state index contributed by atoms with van der Waals surface area (Å²) in [5.41, 5.74) is 5.88. The Labute approximate surface area is 124 Å². The van der Waals surface area contributed by atoms with Gasteiger partial charge in [0.1, 0.15) is 0 Å². The molecule has 0 bridgehead atoms. The fraction of sp³-hybridized carbons (Fsp3) is 0.625. The Balaban J connectivity index is 2.08. The number of rotatable bonds is 5. The molecule has 5 heteroatoms. The van der Waals surface area contributed by atoms with Gasteiger partial charge in [-0.25, -0.2) is 0 Å². The van der Waals surface area contributed by atoms with Gasteiger partial charge in [0.25, 0.3) is 0 Å². The Morgan fingerprint density at radius 2 is 2.10 bits per heavy atom. The van der Waals surface area contributed by atoms with Crippen LogP contribution < -0.4 is 5.73 Å². The first-order valence-corrected chi connectivity index (χ1v) is 7.66. The van der Waals surface area contributed by atoms with Gasteiger partial charge in [-0.1, -0.05) is 31.9 Å². The largest absolute Gasteiger partial charge is 0.325 e. The Morgan fingerprint density at radius 1 is 1.43 bits per heavy atom. The summed E-state index contributed by atoms with van der Waals surface area (Å²) in [6, 6.07) is 4.33. The van der Waals surface area contributed by atoms with Crippen LogP contribution in [0.1, 0.15) is 51.0 Å². The highest BCUT2D eigenvalue weighted by molar-refractivity contribution is 5.37. The predicted molar refractivity (Wildman–Crippen MR) is 80.5 cm³/mol. The molecule has 1 aromatic carbocycles. The highest BCUT2D eigenvalue weighted by Gasteiger charge is 2.33. The summed E-state index contributed by atoms with van der Waals surface area (Å²) in [5.74, 6) is -0.00959. The highest BCUT2D eigenvalue weighted by Crippen LogP contribution is 2.36. The van der Waals surface area contributed by atoms with Crippen molar-refractivity contribution in [2.45, 2.75) is 57.4 Å². The average Bonchev–Trinajstić information content (AvgIpc) is 2.44. The van der Waals surface area contributed by atoms with E-state index in [2.05, 4.69) is 6.92 Å². The molecular formula is C16H23FN2O2. The zero-order valence-electron chi connectivity index (χ0n) is 12.5.